The highest BCUT2D eigenvalue weighted by atomic mass is 14.5. The second-order valence-electron chi connectivity index (χ2n) is 15.7. The van der Waals surface area contributed by atoms with Gasteiger partial charge >= 0.3 is 0 Å². The molecule has 0 aromatic heterocycles. The topological polar surface area (TPSA) is 0 Å². The number of hydrogen-bond donors (Lipinski definition) is 0. The third kappa shape index (κ3) is 3.95. The molecule has 0 heterocycles. The van der Waals surface area contributed by atoms with Crippen molar-refractivity contribution < 1.29 is 0 Å². The Morgan fingerprint density at radius 3 is 2.05 bits per heavy atom. The van der Waals surface area contributed by atoms with Crippen LogP contribution in [0.15, 0.2) is 78.9 Å². The maximum atomic E-state index is 2.64. The molecule has 7 unspecified atom stereocenters. The van der Waals surface area contributed by atoms with Crippen molar-refractivity contribution in [1.29, 1.82) is 0 Å². The highest BCUT2D eigenvalue weighted by Crippen LogP contribution is 2.60. The van der Waals surface area contributed by atoms with Gasteiger partial charge in [-0.05, 0) is 165 Å². The van der Waals surface area contributed by atoms with E-state index in [1.54, 1.807) is 33.2 Å². The van der Waals surface area contributed by atoms with Crippen LogP contribution >= 0.6 is 0 Å². The molecule has 0 spiro atoms. The van der Waals surface area contributed by atoms with Gasteiger partial charge in [0.2, 0.25) is 0 Å². The Hall–Kier alpha value is -3.12. The van der Waals surface area contributed by atoms with E-state index in [0.29, 0.717) is 0 Å². The number of benzene rings is 5. The Morgan fingerprint density at radius 2 is 1.18 bits per heavy atom. The van der Waals surface area contributed by atoms with Gasteiger partial charge in [0.25, 0.3) is 0 Å². The summed E-state index contributed by atoms with van der Waals surface area (Å²) in [5, 5.41) is 8.96. The van der Waals surface area contributed by atoms with Crippen LogP contribution in [-0.2, 0) is 19.3 Å². The zero-order valence-electron chi connectivity index (χ0n) is 26.2. The summed E-state index contributed by atoms with van der Waals surface area (Å²) in [6.07, 6.45) is 18.4. The molecule has 5 aliphatic carbocycles. The molecule has 0 amide bonds. The van der Waals surface area contributed by atoms with E-state index in [9.17, 15) is 0 Å². The Labute approximate surface area is 263 Å². The van der Waals surface area contributed by atoms with E-state index in [0.717, 1.165) is 41.4 Å². The molecule has 5 aliphatic rings. The van der Waals surface area contributed by atoms with Crippen molar-refractivity contribution in [2.24, 2.45) is 29.6 Å². The largest absolute Gasteiger partial charge is 0.0616 e. The van der Waals surface area contributed by atoms with Crippen LogP contribution in [0.2, 0.25) is 0 Å². The van der Waals surface area contributed by atoms with Gasteiger partial charge in [0, 0.05) is 0 Å². The SMILES string of the molecule is c1ccc2cc3c(cc2c1)CCCC3C1CCC(c2ccc3cc4ccccc4c4c3c2CC4)C2CC3CCCCC3CC12. The number of hydrogen-bond acceptors (Lipinski definition) is 0. The molecule has 5 aromatic rings. The van der Waals surface area contributed by atoms with Crippen LogP contribution in [0.25, 0.3) is 32.3 Å². The van der Waals surface area contributed by atoms with Crippen molar-refractivity contribution in [3.8, 4) is 0 Å². The lowest BCUT2D eigenvalue weighted by Crippen LogP contribution is -2.44. The predicted octanol–water partition coefficient (Wildman–Crippen LogP) is 11.7. The van der Waals surface area contributed by atoms with E-state index in [1.165, 1.54) is 110 Å². The monoisotopic (exact) mass is 574 g/mol. The van der Waals surface area contributed by atoms with Gasteiger partial charge in [-0.15, -0.1) is 0 Å². The first-order chi connectivity index (χ1) is 21.8. The quantitative estimate of drug-likeness (QED) is 0.184. The molecule has 44 heavy (non-hydrogen) atoms. The fourth-order valence-electron chi connectivity index (χ4n) is 12.1. The lowest BCUT2D eigenvalue weighted by atomic mass is 9.50. The van der Waals surface area contributed by atoms with Gasteiger partial charge < -0.3 is 0 Å². The maximum Gasteiger partial charge on any atom is -0.0110 e. The predicted molar refractivity (Wildman–Crippen MR) is 186 cm³/mol. The van der Waals surface area contributed by atoms with Crippen LogP contribution in [0.4, 0.5) is 0 Å². The van der Waals surface area contributed by atoms with E-state index < -0.39 is 0 Å². The molecule has 0 bridgehead atoms. The molecule has 7 atom stereocenters. The van der Waals surface area contributed by atoms with E-state index in [-0.39, 0.29) is 0 Å². The van der Waals surface area contributed by atoms with Crippen molar-refractivity contribution >= 4 is 32.3 Å². The van der Waals surface area contributed by atoms with Gasteiger partial charge in [-0.1, -0.05) is 98.5 Å². The summed E-state index contributed by atoms with van der Waals surface area (Å²) < 4.78 is 0. The van der Waals surface area contributed by atoms with Gasteiger partial charge in [0.05, 0.1) is 0 Å². The van der Waals surface area contributed by atoms with Gasteiger partial charge in [0.15, 0.2) is 0 Å². The van der Waals surface area contributed by atoms with Crippen LogP contribution in [0.5, 0.6) is 0 Å². The summed E-state index contributed by atoms with van der Waals surface area (Å²) in [5.74, 6) is 6.15. The second-order valence-corrected chi connectivity index (χ2v) is 15.7. The lowest BCUT2D eigenvalue weighted by molar-refractivity contribution is -0.00606. The molecule has 222 valence electrons. The van der Waals surface area contributed by atoms with Crippen LogP contribution < -0.4 is 0 Å². The van der Waals surface area contributed by atoms with Crippen molar-refractivity contribution in [2.45, 2.75) is 95.3 Å². The molecular weight excluding hydrogens is 528 g/mol. The summed E-state index contributed by atoms with van der Waals surface area (Å²) in [6.45, 7) is 0. The number of aryl methyl sites for hydroxylation is 3. The Balaban J connectivity index is 1.07. The zero-order chi connectivity index (χ0) is 28.8. The maximum absolute atomic E-state index is 2.64. The fourth-order valence-corrected chi connectivity index (χ4v) is 12.1. The normalized spacial score (nSPS) is 31.1. The summed E-state index contributed by atoms with van der Waals surface area (Å²) >= 11 is 0. The first kappa shape index (κ1) is 26.1. The van der Waals surface area contributed by atoms with Crippen molar-refractivity contribution in [3.63, 3.8) is 0 Å². The third-order valence-corrected chi connectivity index (χ3v) is 13.8. The highest BCUT2D eigenvalue weighted by molar-refractivity contribution is 6.05. The van der Waals surface area contributed by atoms with E-state index in [4.69, 9.17) is 0 Å². The number of rotatable bonds is 2. The standard InChI is InChI=1S/C44H46/c1-2-9-28-24-41-32(22-27(28)8-1)13-7-15-35(41)37-18-19-38(43-26-30-11-4-3-10-29(30)25-42(37)43)36-17-16-33-23-31-12-5-6-14-34(31)39-20-21-40(36)44(33)39/h1-2,5-6,8-9,12,14,16-17,22-24,29-30,35,37-38,42-43H,3-4,7,10-11,13,15,18-21,25-26H2. The minimum atomic E-state index is 0.760. The highest BCUT2D eigenvalue weighted by Gasteiger charge is 2.49. The van der Waals surface area contributed by atoms with Crippen LogP contribution in [0.1, 0.15) is 104 Å². The van der Waals surface area contributed by atoms with Gasteiger partial charge in [-0.2, -0.15) is 0 Å². The first-order valence-corrected chi connectivity index (χ1v) is 18.3. The average Bonchev–Trinajstić information content (AvgIpc) is 3.53. The molecule has 10 rings (SSSR count). The molecule has 0 radical (unpaired) electrons. The van der Waals surface area contributed by atoms with Crippen LogP contribution in [0.3, 0.4) is 0 Å². The van der Waals surface area contributed by atoms with Gasteiger partial charge in [-0.3, -0.25) is 0 Å². The Bertz CT molecular complexity index is 1910. The van der Waals surface area contributed by atoms with E-state index in [1.807, 2.05) is 0 Å². The Morgan fingerprint density at radius 1 is 0.455 bits per heavy atom. The van der Waals surface area contributed by atoms with Gasteiger partial charge in [0.1, 0.15) is 0 Å². The molecule has 3 fully saturated rings. The van der Waals surface area contributed by atoms with Gasteiger partial charge in [-0.25, -0.2) is 0 Å². The minimum Gasteiger partial charge on any atom is -0.0616 e. The summed E-state index contributed by atoms with van der Waals surface area (Å²) in [4.78, 5) is 0. The summed E-state index contributed by atoms with van der Waals surface area (Å²) in [7, 11) is 0. The van der Waals surface area contributed by atoms with Crippen molar-refractivity contribution in [2.75, 3.05) is 0 Å². The zero-order valence-corrected chi connectivity index (χ0v) is 26.2. The molecule has 0 N–H and O–H groups in total. The molecule has 0 aliphatic heterocycles. The molecule has 0 nitrogen and oxygen atoms in total. The van der Waals surface area contributed by atoms with E-state index >= 15 is 0 Å². The van der Waals surface area contributed by atoms with Crippen molar-refractivity contribution in [1.82, 2.24) is 0 Å². The molecule has 5 aromatic carbocycles. The summed E-state index contributed by atoms with van der Waals surface area (Å²) in [6, 6.07) is 31.1. The average molecular weight is 575 g/mol. The summed E-state index contributed by atoms with van der Waals surface area (Å²) in [5.41, 5.74) is 8.56. The second kappa shape index (κ2) is 10.2. The molecular formula is C44H46. The smallest absolute Gasteiger partial charge is 0.0110 e. The first-order valence-electron chi connectivity index (χ1n) is 18.3. The third-order valence-electron chi connectivity index (χ3n) is 13.8. The van der Waals surface area contributed by atoms with Crippen LogP contribution in [0, 0.1) is 29.6 Å². The fraction of sp³-hybridized carbons (Fsp3) is 0.455. The number of fused-ring (bicyclic) bond motifs is 6. The Kier molecular flexibility index (Phi) is 6.06. The van der Waals surface area contributed by atoms with Crippen molar-refractivity contribution in [3.05, 3.63) is 107 Å². The molecule has 0 saturated heterocycles. The lowest BCUT2D eigenvalue weighted by Gasteiger charge is -2.54. The van der Waals surface area contributed by atoms with E-state index in [2.05, 4.69) is 78.9 Å². The van der Waals surface area contributed by atoms with Crippen LogP contribution in [-0.4, -0.2) is 0 Å². The molecule has 3 saturated carbocycles. The molecule has 0 heteroatoms. The minimum absolute atomic E-state index is 0.760.